The molecule has 1 aromatic carbocycles. The molecule has 18 heavy (non-hydrogen) atoms. The fourth-order valence-corrected chi connectivity index (χ4v) is 3.73. The van der Waals surface area contributed by atoms with Gasteiger partial charge in [-0.05, 0) is 25.0 Å². The maximum atomic E-state index is 13.4. The molecule has 5 heteroatoms. The normalized spacial score (nSPS) is 17.9. The maximum absolute atomic E-state index is 13.4. The van der Waals surface area contributed by atoms with Gasteiger partial charge in [0.05, 0.1) is 11.3 Å². The van der Waals surface area contributed by atoms with Crippen LogP contribution < -0.4 is 0 Å². The van der Waals surface area contributed by atoms with Crippen LogP contribution >= 0.6 is 0 Å². The zero-order chi connectivity index (χ0) is 13.1. The van der Waals surface area contributed by atoms with E-state index in [0.717, 1.165) is 37.8 Å². The van der Waals surface area contributed by atoms with Gasteiger partial charge in [-0.1, -0.05) is 18.9 Å². The minimum absolute atomic E-state index is 0.00350. The number of Topliss-reactive ketones (excluding diaryl/α,β-unsaturated/α-hetero) is 1. The van der Waals surface area contributed by atoms with Crippen LogP contribution in [0.25, 0.3) is 0 Å². The molecule has 0 spiro atoms. The fraction of sp³-hybridized carbons (Fsp3) is 0.462. The van der Waals surface area contributed by atoms with Gasteiger partial charge in [0.25, 0.3) is 0 Å². The topological polar surface area (TPSA) is 34.1 Å². The first-order valence-corrected chi connectivity index (χ1v) is 7.32. The fourth-order valence-electron chi connectivity index (χ4n) is 2.23. The van der Waals surface area contributed by atoms with Crippen molar-refractivity contribution in [1.82, 2.24) is 0 Å². The summed E-state index contributed by atoms with van der Waals surface area (Å²) in [6, 6.07) is 3.28. The molecule has 1 unspecified atom stereocenters. The van der Waals surface area contributed by atoms with Crippen LogP contribution in [0.2, 0.25) is 0 Å². The van der Waals surface area contributed by atoms with Gasteiger partial charge in [-0.15, -0.1) is 0 Å². The van der Waals surface area contributed by atoms with E-state index in [0.29, 0.717) is 0 Å². The highest BCUT2D eigenvalue weighted by Gasteiger charge is 2.25. The number of rotatable bonds is 4. The summed E-state index contributed by atoms with van der Waals surface area (Å²) in [5.74, 6) is -2.77. The van der Waals surface area contributed by atoms with Gasteiger partial charge in [0.15, 0.2) is 5.78 Å². The third kappa shape index (κ3) is 2.83. The summed E-state index contributed by atoms with van der Waals surface area (Å²) in [7, 11) is -1.33. The maximum Gasteiger partial charge on any atom is 0.181 e. The van der Waals surface area contributed by atoms with Gasteiger partial charge >= 0.3 is 0 Å². The molecule has 0 saturated heterocycles. The molecule has 1 atom stereocenters. The van der Waals surface area contributed by atoms with Gasteiger partial charge in [-0.3, -0.25) is 9.00 Å². The van der Waals surface area contributed by atoms with Crippen molar-refractivity contribution in [2.24, 2.45) is 0 Å². The Bertz CT molecular complexity index is 462. The van der Waals surface area contributed by atoms with E-state index in [1.165, 1.54) is 6.07 Å². The summed E-state index contributed by atoms with van der Waals surface area (Å²) in [6.07, 6.45) is 3.69. The van der Waals surface area contributed by atoms with E-state index in [1.54, 1.807) is 0 Å². The van der Waals surface area contributed by atoms with Crippen LogP contribution in [0.5, 0.6) is 0 Å². The van der Waals surface area contributed by atoms with E-state index in [2.05, 4.69) is 0 Å². The van der Waals surface area contributed by atoms with Crippen LogP contribution in [0, 0.1) is 11.6 Å². The SMILES string of the molecule is O=C(CS(=O)C1CCCC1)c1c(F)cccc1F. The lowest BCUT2D eigenvalue weighted by molar-refractivity contribution is 0.101. The van der Waals surface area contributed by atoms with Gasteiger partial charge in [0.1, 0.15) is 11.6 Å². The number of benzene rings is 1. The number of halogens is 2. The van der Waals surface area contributed by atoms with Gasteiger partial charge in [-0.25, -0.2) is 8.78 Å². The molecule has 0 aromatic heterocycles. The first-order chi connectivity index (χ1) is 8.59. The minimum Gasteiger partial charge on any atom is -0.293 e. The number of hydrogen-bond acceptors (Lipinski definition) is 2. The van der Waals surface area contributed by atoms with E-state index in [4.69, 9.17) is 0 Å². The molecule has 1 saturated carbocycles. The molecule has 0 heterocycles. The van der Waals surface area contributed by atoms with Crippen molar-refractivity contribution in [2.45, 2.75) is 30.9 Å². The Balaban J connectivity index is 2.10. The first kappa shape index (κ1) is 13.3. The van der Waals surface area contributed by atoms with E-state index >= 15 is 0 Å². The van der Waals surface area contributed by atoms with Crippen molar-refractivity contribution in [3.05, 3.63) is 35.4 Å². The molecular formula is C13H14F2O2S. The molecule has 0 amide bonds. The third-order valence-electron chi connectivity index (χ3n) is 3.19. The molecule has 0 radical (unpaired) electrons. The summed E-state index contributed by atoms with van der Waals surface area (Å²) in [5, 5.41) is 0.00350. The Labute approximate surface area is 107 Å². The Morgan fingerprint density at radius 2 is 1.78 bits per heavy atom. The second-order valence-corrected chi connectivity index (χ2v) is 6.17. The summed E-state index contributed by atoms with van der Waals surface area (Å²) in [6.45, 7) is 0. The van der Waals surface area contributed by atoms with Crippen LogP contribution in [0.15, 0.2) is 18.2 Å². The molecule has 1 fully saturated rings. The molecule has 0 N–H and O–H groups in total. The predicted octanol–water partition coefficient (Wildman–Crippen LogP) is 2.84. The molecule has 1 aromatic rings. The van der Waals surface area contributed by atoms with E-state index in [9.17, 15) is 17.8 Å². The summed E-state index contributed by atoms with van der Waals surface area (Å²) >= 11 is 0. The number of hydrogen-bond donors (Lipinski definition) is 0. The zero-order valence-electron chi connectivity index (χ0n) is 9.83. The molecule has 2 nitrogen and oxygen atoms in total. The molecule has 0 aliphatic heterocycles. The molecule has 1 aliphatic carbocycles. The smallest absolute Gasteiger partial charge is 0.181 e. The standard InChI is InChI=1S/C13H14F2O2S/c14-10-6-3-7-11(15)13(10)12(16)8-18(17)9-4-1-2-5-9/h3,6-7,9H,1-2,4-5,8H2. The lowest BCUT2D eigenvalue weighted by Crippen LogP contribution is -2.21. The largest absolute Gasteiger partial charge is 0.293 e. The van der Waals surface area contributed by atoms with Crippen LogP contribution in [0.4, 0.5) is 8.78 Å². The molecule has 98 valence electrons. The van der Waals surface area contributed by atoms with Crippen LogP contribution in [-0.4, -0.2) is 21.0 Å². The summed E-state index contributed by atoms with van der Waals surface area (Å²) in [5.41, 5.74) is -0.566. The second kappa shape index (κ2) is 5.69. The zero-order valence-corrected chi connectivity index (χ0v) is 10.6. The van der Waals surface area contributed by atoms with Crippen molar-refractivity contribution >= 4 is 16.6 Å². The lowest BCUT2D eigenvalue weighted by Gasteiger charge is -2.09. The number of ketones is 1. The predicted molar refractivity (Wildman–Crippen MR) is 66.0 cm³/mol. The summed E-state index contributed by atoms with van der Waals surface area (Å²) < 4.78 is 38.6. The van der Waals surface area contributed by atoms with Crippen molar-refractivity contribution in [2.75, 3.05) is 5.75 Å². The van der Waals surface area contributed by atoms with Crippen LogP contribution in [0.1, 0.15) is 36.0 Å². The highest BCUT2D eigenvalue weighted by Crippen LogP contribution is 2.24. The Morgan fingerprint density at radius 3 is 2.33 bits per heavy atom. The van der Waals surface area contributed by atoms with Gasteiger partial charge in [0.2, 0.25) is 0 Å². The molecule has 1 aliphatic rings. The van der Waals surface area contributed by atoms with Gasteiger partial charge in [0, 0.05) is 16.0 Å². The van der Waals surface area contributed by atoms with Gasteiger partial charge < -0.3 is 0 Å². The quantitative estimate of drug-likeness (QED) is 0.790. The Hall–Kier alpha value is -1.10. The average Bonchev–Trinajstić information content (AvgIpc) is 2.81. The lowest BCUT2D eigenvalue weighted by atomic mass is 10.1. The second-order valence-electron chi connectivity index (χ2n) is 4.45. The van der Waals surface area contributed by atoms with Crippen molar-refractivity contribution in [1.29, 1.82) is 0 Å². The number of carbonyl (C=O) groups excluding carboxylic acids is 1. The van der Waals surface area contributed by atoms with Crippen molar-refractivity contribution < 1.29 is 17.8 Å². The van der Waals surface area contributed by atoms with E-state index in [-0.39, 0.29) is 11.0 Å². The van der Waals surface area contributed by atoms with E-state index < -0.39 is 33.8 Å². The number of carbonyl (C=O) groups is 1. The Morgan fingerprint density at radius 1 is 1.22 bits per heavy atom. The first-order valence-electron chi connectivity index (χ1n) is 5.94. The average molecular weight is 272 g/mol. The molecule has 0 bridgehead atoms. The van der Waals surface area contributed by atoms with E-state index in [1.807, 2.05) is 0 Å². The highest BCUT2D eigenvalue weighted by atomic mass is 32.2. The van der Waals surface area contributed by atoms with Crippen molar-refractivity contribution in [3.8, 4) is 0 Å². The van der Waals surface area contributed by atoms with Crippen LogP contribution in [0.3, 0.4) is 0 Å². The van der Waals surface area contributed by atoms with Gasteiger partial charge in [-0.2, -0.15) is 0 Å². The minimum atomic E-state index is -1.33. The molecule has 2 rings (SSSR count). The monoisotopic (exact) mass is 272 g/mol. The van der Waals surface area contributed by atoms with Crippen molar-refractivity contribution in [3.63, 3.8) is 0 Å². The third-order valence-corrected chi connectivity index (χ3v) is 4.95. The summed E-state index contributed by atoms with van der Waals surface area (Å²) in [4.78, 5) is 11.8. The van der Waals surface area contributed by atoms with Crippen LogP contribution in [-0.2, 0) is 10.8 Å². The highest BCUT2D eigenvalue weighted by molar-refractivity contribution is 7.86. The molecular weight excluding hydrogens is 258 g/mol. The Kier molecular flexibility index (Phi) is 4.22.